The standard InChI is InChI=1S/C21H40O9/c1-6-27-14-18(29-12-15(2)22)11-19(26-5)17(4)28-13-16(3)30-21(25)10-8-7-9-20(23)24/h15-19,22H,6-14H2,1-5H3,(H,23,24). The first-order valence-corrected chi connectivity index (χ1v) is 10.6. The first-order valence-electron chi connectivity index (χ1n) is 10.6. The van der Waals surface area contributed by atoms with Crippen molar-refractivity contribution in [2.24, 2.45) is 0 Å². The summed E-state index contributed by atoms with van der Waals surface area (Å²) in [6.07, 6.45) is -0.0729. The summed E-state index contributed by atoms with van der Waals surface area (Å²) in [6, 6.07) is 0. The highest BCUT2D eigenvalue weighted by Gasteiger charge is 2.24. The minimum Gasteiger partial charge on any atom is -0.481 e. The summed E-state index contributed by atoms with van der Waals surface area (Å²) >= 11 is 0. The van der Waals surface area contributed by atoms with Gasteiger partial charge in [0.05, 0.1) is 44.2 Å². The third-order valence-electron chi connectivity index (χ3n) is 4.35. The lowest BCUT2D eigenvalue weighted by Gasteiger charge is -2.28. The zero-order valence-corrected chi connectivity index (χ0v) is 19.0. The summed E-state index contributed by atoms with van der Waals surface area (Å²) < 4.78 is 27.8. The van der Waals surface area contributed by atoms with Crippen LogP contribution in [0.3, 0.4) is 0 Å². The fourth-order valence-electron chi connectivity index (χ4n) is 2.70. The largest absolute Gasteiger partial charge is 0.481 e. The average molecular weight is 437 g/mol. The molecule has 9 nitrogen and oxygen atoms in total. The predicted molar refractivity (Wildman–Crippen MR) is 110 cm³/mol. The third kappa shape index (κ3) is 15.6. The number of aliphatic hydroxyl groups excluding tert-OH is 1. The fourth-order valence-corrected chi connectivity index (χ4v) is 2.70. The van der Waals surface area contributed by atoms with Gasteiger partial charge in [-0.05, 0) is 40.5 Å². The predicted octanol–water partition coefficient (Wildman–Crippen LogP) is 2.18. The molecule has 0 fully saturated rings. The Balaban J connectivity index is 4.35. The van der Waals surface area contributed by atoms with Crippen molar-refractivity contribution in [1.82, 2.24) is 0 Å². The highest BCUT2D eigenvalue weighted by Crippen LogP contribution is 2.14. The van der Waals surface area contributed by atoms with Crippen LogP contribution in [-0.2, 0) is 33.3 Å². The molecule has 0 aromatic carbocycles. The molecule has 0 aromatic heterocycles. The van der Waals surface area contributed by atoms with Gasteiger partial charge >= 0.3 is 11.9 Å². The summed E-state index contributed by atoms with van der Waals surface area (Å²) in [7, 11) is 1.59. The maximum absolute atomic E-state index is 11.8. The normalized spacial score (nSPS) is 16.5. The van der Waals surface area contributed by atoms with Crippen LogP contribution in [0.1, 0.15) is 59.8 Å². The highest BCUT2D eigenvalue weighted by molar-refractivity contribution is 5.70. The lowest BCUT2D eigenvalue weighted by molar-refractivity contribution is -0.155. The molecule has 0 saturated carbocycles. The van der Waals surface area contributed by atoms with Crippen LogP contribution in [-0.4, -0.2) is 86.2 Å². The van der Waals surface area contributed by atoms with E-state index in [1.807, 2.05) is 13.8 Å². The molecule has 5 atom stereocenters. The molecule has 0 radical (unpaired) electrons. The Morgan fingerprint density at radius 2 is 1.63 bits per heavy atom. The molecule has 0 aliphatic rings. The Morgan fingerprint density at radius 3 is 2.20 bits per heavy atom. The van der Waals surface area contributed by atoms with Gasteiger partial charge in [0, 0.05) is 33.0 Å². The maximum Gasteiger partial charge on any atom is 0.306 e. The first-order chi connectivity index (χ1) is 14.2. The summed E-state index contributed by atoms with van der Waals surface area (Å²) in [6.45, 7) is 8.57. The van der Waals surface area contributed by atoms with E-state index >= 15 is 0 Å². The molecule has 0 bridgehead atoms. The number of methoxy groups -OCH3 is 1. The Kier molecular flexibility index (Phi) is 16.7. The number of hydrogen-bond acceptors (Lipinski definition) is 8. The average Bonchev–Trinajstić information content (AvgIpc) is 2.68. The van der Waals surface area contributed by atoms with Gasteiger partial charge in [-0.2, -0.15) is 0 Å². The van der Waals surface area contributed by atoms with Gasteiger partial charge in [0.15, 0.2) is 0 Å². The van der Waals surface area contributed by atoms with E-state index in [1.165, 1.54) is 0 Å². The summed E-state index contributed by atoms with van der Waals surface area (Å²) in [4.78, 5) is 22.3. The van der Waals surface area contributed by atoms with Crippen LogP contribution in [0, 0.1) is 0 Å². The van der Waals surface area contributed by atoms with Gasteiger partial charge in [0.2, 0.25) is 0 Å². The van der Waals surface area contributed by atoms with Crippen molar-refractivity contribution < 1.29 is 43.5 Å². The minimum absolute atomic E-state index is 0.0487. The van der Waals surface area contributed by atoms with Crippen molar-refractivity contribution in [3.8, 4) is 0 Å². The summed E-state index contributed by atoms with van der Waals surface area (Å²) in [5.74, 6) is -1.23. The molecule has 0 rings (SSSR count). The Bertz CT molecular complexity index is 456. The van der Waals surface area contributed by atoms with E-state index in [0.717, 1.165) is 0 Å². The Hall–Kier alpha value is -1.26. The number of carboxylic acids is 1. The molecule has 0 saturated heterocycles. The van der Waals surface area contributed by atoms with Crippen molar-refractivity contribution in [1.29, 1.82) is 0 Å². The summed E-state index contributed by atoms with van der Waals surface area (Å²) in [5, 5.41) is 18.0. The van der Waals surface area contributed by atoms with E-state index in [2.05, 4.69) is 0 Å². The van der Waals surface area contributed by atoms with Gasteiger partial charge in [-0.15, -0.1) is 0 Å². The van der Waals surface area contributed by atoms with Crippen molar-refractivity contribution in [2.45, 2.75) is 90.3 Å². The Morgan fingerprint density at radius 1 is 0.967 bits per heavy atom. The molecule has 0 amide bonds. The SMILES string of the molecule is CCOCC(CC(OC)C(C)OCC(C)OC(=O)CCCCC(=O)O)OCC(C)O. The molecule has 0 heterocycles. The van der Waals surface area contributed by atoms with Crippen LogP contribution in [0.15, 0.2) is 0 Å². The second-order valence-corrected chi connectivity index (χ2v) is 7.41. The van der Waals surface area contributed by atoms with Gasteiger partial charge in [-0.1, -0.05) is 0 Å². The minimum atomic E-state index is -0.869. The van der Waals surface area contributed by atoms with E-state index in [9.17, 15) is 14.7 Å². The van der Waals surface area contributed by atoms with E-state index in [1.54, 1.807) is 21.0 Å². The smallest absolute Gasteiger partial charge is 0.306 e. The van der Waals surface area contributed by atoms with Crippen molar-refractivity contribution >= 4 is 11.9 Å². The van der Waals surface area contributed by atoms with Gasteiger partial charge in [0.25, 0.3) is 0 Å². The quantitative estimate of drug-likeness (QED) is 0.232. The molecule has 30 heavy (non-hydrogen) atoms. The number of carbonyl (C=O) groups is 2. The van der Waals surface area contributed by atoms with Crippen LogP contribution in [0.2, 0.25) is 0 Å². The van der Waals surface area contributed by atoms with Gasteiger partial charge < -0.3 is 33.9 Å². The molecule has 5 unspecified atom stereocenters. The number of unbranched alkanes of at least 4 members (excludes halogenated alkanes) is 1. The summed E-state index contributed by atoms with van der Waals surface area (Å²) in [5.41, 5.74) is 0. The number of ether oxygens (including phenoxy) is 5. The maximum atomic E-state index is 11.8. The van der Waals surface area contributed by atoms with E-state index in [0.29, 0.717) is 32.5 Å². The van der Waals surface area contributed by atoms with Crippen molar-refractivity contribution in [3.63, 3.8) is 0 Å². The zero-order chi connectivity index (χ0) is 22.9. The molecule has 2 N–H and O–H groups in total. The molecular formula is C21H40O9. The van der Waals surface area contributed by atoms with E-state index in [4.69, 9.17) is 28.8 Å². The number of carbonyl (C=O) groups excluding carboxylic acids is 1. The van der Waals surface area contributed by atoms with Crippen molar-refractivity contribution in [3.05, 3.63) is 0 Å². The number of aliphatic carboxylic acids is 1. The fraction of sp³-hybridized carbons (Fsp3) is 0.905. The molecule has 178 valence electrons. The number of carboxylic acid groups (broad SMARTS) is 1. The number of hydrogen-bond donors (Lipinski definition) is 2. The molecular weight excluding hydrogens is 396 g/mol. The van der Waals surface area contributed by atoms with E-state index < -0.39 is 18.2 Å². The highest BCUT2D eigenvalue weighted by atomic mass is 16.6. The second-order valence-electron chi connectivity index (χ2n) is 7.41. The van der Waals surface area contributed by atoms with Crippen molar-refractivity contribution in [2.75, 3.05) is 33.5 Å². The second kappa shape index (κ2) is 17.4. The van der Waals surface area contributed by atoms with Crippen LogP contribution >= 0.6 is 0 Å². The lowest BCUT2D eigenvalue weighted by atomic mass is 10.1. The first kappa shape index (κ1) is 28.7. The Labute approximate surface area is 180 Å². The van der Waals surface area contributed by atoms with Gasteiger partial charge in [0.1, 0.15) is 6.10 Å². The van der Waals surface area contributed by atoms with Crippen LogP contribution in [0.5, 0.6) is 0 Å². The number of aliphatic hydroxyl groups is 1. The molecule has 9 heteroatoms. The lowest BCUT2D eigenvalue weighted by Crippen LogP contribution is -2.37. The number of rotatable bonds is 19. The van der Waals surface area contributed by atoms with Crippen LogP contribution < -0.4 is 0 Å². The van der Waals surface area contributed by atoms with Gasteiger partial charge in [-0.3, -0.25) is 9.59 Å². The topological polar surface area (TPSA) is 121 Å². The molecule has 0 aliphatic heterocycles. The van der Waals surface area contributed by atoms with Gasteiger partial charge in [-0.25, -0.2) is 0 Å². The molecule has 0 spiro atoms. The number of esters is 1. The molecule has 0 aliphatic carbocycles. The van der Waals surface area contributed by atoms with Crippen LogP contribution in [0.4, 0.5) is 0 Å². The molecule has 0 aromatic rings. The third-order valence-corrected chi connectivity index (χ3v) is 4.35. The van der Waals surface area contributed by atoms with Crippen LogP contribution in [0.25, 0.3) is 0 Å². The monoisotopic (exact) mass is 436 g/mol. The van der Waals surface area contributed by atoms with E-state index in [-0.39, 0.29) is 50.3 Å². The zero-order valence-electron chi connectivity index (χ0n) is 19.0.